The number of ketones is 1. The molecule has 0 amide bonds. The zero-order chi connectivity index (χ0) is 23.5. The van der Waals surface area contributed by atoms with E-state index in [1.807, 2.05) is 50.2 Å². The Hall–Kier alpha value is -3.41. The molecule has 3 unspecified atom stereocenters. The molecule has 0 saturated heterocycles. The molecule has 6 nitrogen and oxygen atoms in total. The van der Waals surface area contributed by atoms with E-state index in [1.54, 1.807) is 19.5 Å². The summed E-state index contributed by atoms with van der Waals surface area (Å²) in [4.78, 5) is 30.8. The van der Waals surface area contributed by atoms with E-state index in [0.717, 1.165) is 22.6 Å². The van der Waals surface area contributed by atoms with E-state index >= 15 is 0 Å². The van der Waals surface area contributed by atoms with Crippen molar-refractivity contribution in [2.24, 2.45) is 11.8 Å². The maximum atomic E-state index is 13.5. The fourth-order valence-corrected chi connectivity index (χ4v) is 4.71. The van der Waals surface area contributed by atoms with Crippen LogP contribution < -0.4 is 10.1 Å². The topological polar surface area (TPSA) is 77.5 Å². The largest absolute Gasteiger partial charge is 0.497 e. The van der Waals surface area contributed by atoms with Gasteiger partial charge in [-0.3, -0.25) is 14.6 Å². The third kappa shape index (κ3) is 4.70. The predicted molar refractivity (Wildman–Crippen MR) is 126 cm³/mol. The fourth-order valence-electron chi connectivity index (χ4n) is 4.71. The van der Waals surface area contributed by atoms with Crippen LogP contribution in [0.15, 0.2) is 72.3 Å². The van der Waals surface area contributed by atoms with Crippen molar-refractivity contribution in [3.8, 4) is 5.75 Å². The number of Topliss-reactive ketones (excluding diaryl/α,β-unsaturated/α-hetero) is 1. The highest BCUT2D eigenvalue weighted by molar-refractivity contribution is 6.01. The lowest BCUT2D eigenvalue weighted by atomic mass is 9.69. The van der Waals surface area contributed by atoms with Gasteiger partial charge in [0.1, 0.15) is 11.7 Å². The molecule has 1 aromatic heterocycles. The summed E-state index contributed by atoms with van der Waals surface area (Å²) in [6, 6.07) is 11.6. The number of aromatic nitrogens is 1. The number of allylic oxidation sites excluding steroid dienone is 2. The minimum absolute atomic E-state index is 0.0422. The van der Waals surface area contributed by atoms with Crippen LogP contribution in [0.1, 0.15) is 49.7 Å². The molecule has 0 bridgehead atoms. The molecule has 172 valence electrons. The highest BCUT2D eigenvalue weighted by Gasteiger charge is 2.45. The molecule has 6 heteroatoms. The van der Waals surface area contributed by atoms with Crippen LogP contribution >= 0.6 is 0 Å². The van der Waals surface area contributed by atoms with Gasteiger partial charge in [0.25, 0.3) is 0 Å². The van der Waals surface area contributed by atoms with Gasteiger partial charge in [-0.25, -0.2) is 0 Å². The Kier molecular flexibility index (Phi) is 6.63. The molecule has 2 heterocycles. The first kappa shape index (κ1) is 22.8. The quantitative estimate of drug-likeness (QED) is 0.658. The van der Waals surface area contributed by atoms with Gasteiger partial charge in [0.05, 0.1) is 13.7 Å². The molecule has 0 saturated carbocycles. The number of carbonyl (C=O) groups excluding carboxylic acids is 2. The Morgan fingerprint density at radius 3 is 2.45 bits per heavy atom. The molecule has 0 spiro atoms. The zero-order valence-corrected chi connectivity index (χ0v) is 19.3. The molecule has 1 aromatic carbocycles. The molecule has 33 heavy (non-hydrogen) atoms. The summed E-state index contributed by atoms with van der Waals surface area (Å²) in [6.45, 7) is 8.48. The average molecular weight is 447 g/mol. The number of nitrogens with one attached hydrogen (secondary N) is 1. The highest BCUT2D eigenvalue weighted by atomic mass is 16.5. The van der Waals surface area contributed by atoms with Crippen molar-refractivity contribution in [1.29, 1.82) is 0 Å². The number of hydrogen-bond donors (Lipinski definition) is 1. The number of carbonyl (C=O) groups is 2. The van der Waals surface area contributed by atoms with Crippen molar-refractivity contribution in [2.45, 2.75) is 38.5 Å². The van der Waals surface area contributed by atoms with Gasteiger partial charge >= 0.3 is 5.97 Å². The Morgan fingerprint density at radius 1 is 1.12 bits per heavy atom. The summed E-state index contributed by atoms with van der Waals surface area (Å²) >= 11 is 0. The summed E-state index contributed by atoms with van der Waals surface area (Å²) < 4.78 is 10.9. The molecule has 1 aliphatic carbocycles. The summed E-state index contributed by atoms with van der Waals surface area (Å²) in [5, 5.41) is 3.31. The lowest BCUT2D eigenvalue weighted by Crippen LogP contribution is -2.42. The molecule has 1 aliphatic heterocycles. The van der Waals surface area contributed by atoms with E-state index in [1.165, 1.54) is 0 Å². The van der Waals surface area contributed by atoms with Crippen molar-refractivity contribution >= 4 is 11.8 Å². The first-order valence-electron chi connectivity index (χ1n) is 11.3. The van der Waals surface area contributed by atoms with Gasteiger partial charge in [-0.2, -0.15) is 0 Å². The van der Waals surface area contributed by atoms with Crippen molar-refractivity contribution in [3.63, 3.8) is 0 Å². The fraction of sp³-hybridized carbons (Fsp3) is 0.370. The van der Waals surface area contributed by atoms with E-state index in [2.05, 4.69) is 16.9 Å². The first-order valence-corrected chi connectivity index (χ1v) is 11.3. The monoisotopic (exact) mass is 446 g/mol. The van der Waals surface area contributed by atoms with Crippen LogP contribution in [0.25, 0.3) is 0 Å². The predicted octanol–water partition coefficient (Wildman–Crippen LogP) is 4.51. The summed E-state index contributed by atoms with van der Waals surface area (Å²) in [7, 11) is 1.63. The minimum Gasteiger partial charge on any atom is -0.497 e. The Morgan fingerprint density at radius 2 is 1.82 bits per heavy atom. The number of ether oxygens (including phenoxy) is 2. The van der Waals surface area contributed by atoms with Gasteiger partial charge in [-0.15, -0.1) is 0 Å². The number of methoxy groups -OCH3 is 1. The number of pyridine rings is 1. The van der Waals surface area contributed by atoms with E-state index in [4.69, 9.17) is 9.47 Å². The third-order valence-corrected chi connectivity index (χ3v) is 6.30. The molecule has 0 radical (unpaired) electrons. The molecule has 2 aliphatic rings. The lowest BCUT2D eigenvalue weighted by Gasteiger charge is -2.40. The highest BCUT2D eigenvalue weighted by Crippen LogP contribution is 2.47. The van der Waals surface area contributed by atoms with Gasteiger partial charge in [0.15, 0.2) is 5.78 Å². The summed E-state index contributed by atoms with van der Waals surface area (Å²) in [6.07, 6.45) is 4.42. The Bertz CT molecular complexity index is 1070. The van der Waals surface area contributed by atoms with Crippen LogP contribution in [0.4, 0.5) is 0 Å². The number of benzene rings is 1. The number of rotatable bonds is 6. The second kappa shape index (κ2) is 9.61. The van der Waals surface area contributed by atoms with Crippen LogP contribution in [-0.2, 0) is 14.3 Å². The molecular weight excluding hydrogens is 416 g/mol. The van der Waals surface area contributed by atoms with E-state index in [0.29, 0.717) is 30.7 Å². The molecule has 4 rings (SSSR count). The normalized spacial score (nSPS) is 22.6. The Labute approximate surface area is 194 Å². The number of hydrogen-bond acceptors (Lipinski definition) is 6. The second-order valence-corrected chi connectivity index (χ2v) is 9.10. The smallest absolute Gasteiger partial charge is 0.315 e. The van der Waals surface area contributed by atoms with Crippen molar-refractivity contribution in [1.82, 2.24) is 10.3 Å². The third-order valence-electron chi connectivity index (χ3n) is 6.30. The Balaban J connectivity index is 1.71. The van der Waals surface area contributed by atoms with Gasteiger partial charge in [-0.1, -0.05) is 32.6 Å². The average Bonchev–Trinajstić information content (AvgIpc) is 2.82. The van der Waals surface area contributed by atoms with E-state index in [9.17, 15) is 9.59 Å². The van der Waals surface area contributed by atoms with E-state index < -0.39 is 11.8 Å². The number of esters is 1. The van der Waals surface area contributed by atoms with Gasteiger partial charge < -0.3 is 14.8 Å². The first-order chi connectivity index (χ1) is 15.9. The van der Waals surface area contributed by atoms with Crippen LogP contribution in [0, 0.1) is 11.8 Å². The SMILES string of the molecule is C=C1NC2=C(C(=O)CC(c3ccc(OC)cc3)C2)C(c2ccncc2)C1C(=O)OCC(C)C. The maximum absolute atomic E-state index is 13.5. The second-order valence-electron chi connectivity index (χ2n) is 9.10. The van der Waals surface area contributed by atoms with Crippen LogP contribution in [0.2, 0.25) is 0 Å². The standard InChI is InChI=1S/C27H30N2O4/c1-16(2)15-33-27(31)24-17(3)29-22-13-20(18-5-7-21(32-4)8-6-18)14-23(30)26(22)25(24)19-9-11-28-12-10-19/h5-12,16,20,24-25,29H,3,13-15H2,1-2,4H3. The van der Waals surface area contributed by atoms with E-state index in [-0.39, 0.29) is 23.6 Å². The van der Waals surface area contributed by atoms with Crippen molar-refractivity contribution in [3.05, 3.63) is 83.5 Å². The molecule has 1 N–H and O–H groups in total. The number of nitrogens with zero attached hydrogens (tertiary/aromatic N) is 1. The molecule has 2 aromatic rings. The van der Waals surface area contributed by atoms with Crippen molar-refractivity contribution < 1.29 is 19.1 Å². The lowest BCUT2D eigenvalue weighted by molar-refractivity contribution is -0.149. The maximum Gasteiger partial charge on any atom is 0.315 e. The summed E-state index contributed by atoms with van der Waals surface area (Å²) in [5.41, 5.74) is 4.01. The van der Waals surface area contributed by atoms with Crippen LogP contribution in [0.3, 0.4) is 0 Å². The van der Waals surface area contributed by atoms with Gasteiger partial charge in [0, 0.05) is 41.7 Å². The van der Waals surface area contributed by atoms with Gasteiger partial charge in [-0.05, 0) is 53.6 Å². The van der Waals surface area contributed by atoms with Crippen LogP contribution in [-0.4, -0.2) is 30.5 Å². The summed E-state index contributed by atoms with van der Waals surface area (Å²) in [5.74, 6) is -0.391. The molecule has 0 fully saturated rings. The van der Waals surface area contributed by atoms with Gasteiger partial charge in [0.2, 0.25) is 0 Å². The minimum atomic E-state index is -0.675. The molecule has 3 atom stereocenters. The van der Waals surface area contributed by atoms with Crippen molar-refractivity contribution in [2.75, 3.05) is 13.7 Å². The zero-order valence-electron chi connectivity index (χ0n) is 19.3. The molecular formula is C27H30N2O4. The van der Waals surface area contributed by atoms with Crippen LogP contribution in [0.5, 0.6) is 5.75 Å².